The van der Waals surface area contributed by atoms with Gasteiger partial charge in [-0.3, -0.25) is 4.98 Å². The monoisotopic (exact) mass is 351 g/mol. The first-order valence-corrected chi connectivity index (χ1v) is 8.55. The van der Waals surface area contributed by atoms with Crippen molar-refractivity contribution < 1.29 is 4.39 Å². The minimum absolute atomic E-state index is 0.234. The summed E-state index contributed by atoms with van der Waals surface area (Å²) in [5.41, 5.74) is 2.68. The smallest absolute Gasteiger partial charge is 0.225 e. The lowest BCUT2D eigenvalue weighted by molar-refractivity contribution is 0.612. The number of nitrogens with one attached hydrogen (secondary N) is 1. The number of nitrogens with zero attached hydrogens (tertiary/aromatic N) is 4. The van der Waals surface area contributed by atoms with Crippen molar-refractivity contribution in [3.8, 4) is 0 Å². The minimum atomic E-state index is -0.234. The molecule has 0 amide bonds. The SMILES string of the molecule is Cc1cc(N(C)CCc2ccncc2)nc(NCc2ccccc2F)n1. The number of hydrogen-bond donors (Lipinski definition) is 1. The summed E-state index contributed by atoms with van der Waals surface area (Å²) in [5.74, 6) is 1.10. The molecule has 5 nitrogen and oxygen atoms in total. The van der Waals surface area contributed by atoms with Gasteiger partial charge in [0.2, 0.25) is 5.95 Å². The standard InChI is InChI=1S/C20H22FN5/c1-15-13-19(26(2)12-9-16-7-10-22-11-8-16)25-20(24-15)23-14-17-5-3-4-6-18(17)21/h3-8,10-11,13H,9,12,14H2,1-2H3,(H,23,24,25). The number of anilines is 2. The van der Waals surface area contributed by atoms with E-state index < -0.39 is 0 Å². The molecular weight excluding hydrogens is 329 g/mol. The third-order valence-electron chi connectivity index (χ3n) is 4.11. The number of aromatic nitrogens is 3. The van der Waals surface area contributed by atoms with E-state index in [2.05, 4.69) is 25.2 Å². The predicted molar refractivity (Wildman–Crippen MR) is 102 cm³/mol. The van der Waals surface area contributed by atoms with Crippen molar-refractivity contribution in [1.82, 2.24) is 15.0 Å². The van der Waals surface area contributed by atoms with Crippen LogP contribution in [-0.2, 0) is 13.0 Å². The lowest BCUT2D eigenvalue weighted by Crippen LogP contribution is -2.22. The van der Waals surface area contributed by atoms with Crippen LogP contribution < -0.4 is 10.2 Å². The molecule has 1 aromatic carbocycles. The van der Waals surface area contributed by atoms with Crippen LogP contribution in [0.15, 0.2) is 54.9 Å². The molecule has 2 aromatic heterocycles. The molecular formula is C20H22FN5. The fraction of sp³-hybridized carbons (Fsp3) is 0.250. The van der Waals surface area contributed by atoms with E-state index in [1.54, 1.807) is 24.5 Å². The Labute approximate surface area is 153 Å². The normalized spacial score (nSPS) is 10.6. The van der Waals surface area contributed by atoms with Crippen LogP contribution in [0.5, 0.6) is 0 Å². The van der Waals surface area contributed by atoms with Gasteiger partial charge in [0.05, 0.1) is 0 Å². The maximum absolute atomic E-state index is 13.7. The van der Waals surface area contributed by atoms with Gasteiger partial charge in [-0.2, -0.15) is 4.98 Å². The molecule has 1 N–H and O–H groups in total. The van der Waals surface area contributed by atoms with Crippen molar-refractivity contribution in [3.05, 3.63) is 77.5 Å². The number of benzene rings is 1. The molecule has 6 heteroatoms. The maximum atomic E-state index is 13.7. The summed E-state index contributed by atoms with van der Waals surface area (Å²) < 4.78 is 13.7. The van der Waals surface area contributed by atoms with Gasteiger partial charge in [-0.15, -0.1) is 0 Å². The molecule has 0 saturated carbocycles. The van der Waals surface area contributed by atoms with Gasteiger partial charge in [0.25, 0.3) is 0 Å². The zero-order valence-corrected chi connectivity index (χ0v) is 15.0. The molecule has 0 radical (unpaired) electrons. The molecule has 0 aliphatic rings. The van der Waals surface area contributed by atoms with E-state index >= 15 is 0 Å². The summed E-state index contributed by atoms with van der Waals surface area (Å²) in [4.78, 5) is 15.1. The Morgan fingerprint density at radius 1 is 1.08 bits per heavy atom. The summed E-state index contributed by atoms with van der Waals surface area (Å²) in [6.07, 6.45) is 4.50. The van der Waals surface area contributed by atoms with E-state index in [1.807, 2.05) is 38.2 Å². The molecule has 0 fully saturated rings. The molecule has 0 aliphatic carbocycles. The van der Waals surface area contributed by atoms with Gasteiger partial charge >= 0.3 is 0 Å². The molecule has 3 rings (SSSR count). The average molecular weight is 351 g/mol. The molecule has 0 spiro atoms. The second-order valence-electron chi connectivity index (χ2n) is 6.16. The Morgan fingerprint density at radius 3 is 2.62 bits per heavy atom. The van der Waals surface area contributed by atoms with Crippen molar-refractivity contribution in [3.63, 3.8) is 0 Å². The van der Waals surface area contributed by atoms with Crippen LogP contribution >= 0.6 is 0 Å². The van der Waals surface area contributed by atoms with E-state index in [0.717, 1.165) is 24.5 Å². The van der Waals surface area contributed by atoms with E-state index in [1.165, 1.54) is 11.6 Å². The van der Waals surface area contributed by atoms with Crippen molar-refractivity contribution in [2.45, 2.75) is 19.9 Å². The highest BCUT2D eigenvalue weighted by atomic mass is 19.1. The molecule has 134 valence electrons. The summed E-state index contributed by atoms with van der Waals surface area (Å²) in [6, 6.07) is 12.7. The van der Waals surface area contributed by atoms with Crippen LogP contribution in [0.25, 0.3) is 0 Å². The Morgan fingerprint density at radius 2 is 1.85 bits per heavy atom. The van der Waals surface area contributed by atoms with Crippen LogP contribution in [0.1, 0.15) is 16.8 Å². The Hall–Kier alpha value is -3.02. The number of halogens is 1. The highest BCUT2D eigenvalue weighted by Gasteiger charge is 2.08. The first kappa shape index (κ1) is 17.8. The Kier molecular flexibility index (Phi) is 5.73. The summed E-state index contributed by atoms with van der Waals surface area (Å²) in [7, 11) is 2.00. The Bertz CT molecular complexity index is 854. The van der Waals surface area contributed by atoms with Gasteiger partial charge in [-0.05, 0) is 37.1 Å². The lowest BCUT2D eigenvalue weighted by Gasteiger charge is -2.19. The molecule has 26 heavy (non-hydrogen) atoms. The first-order chi connectivity index (χ1) is 12.6. The van der Waals surface area contributed by atoms with Crippen molar-refractivity contribution in [2.75, 3.05) is 23.8 Å². The van der Waals surface area contributed by atoms with Gasteiger partial charge in [-0.25, -0.2) is 9.37 Å². The van der Waals surface area contributed by atoms with Crippen LogP contribution in [-0.4, -0.2) is 28.5 Å². The molecule has 0 bridgehead atoms. The average Bonchev–Trinajstić information content (AvgIpc) is 2.66. The van der Waals surface area contributed by atoms with Gasteiger partial charge < -0.3 is 10.2 Å². The molecule has 0 unspecified atom stereocenters. The second-order valence-corrected chi connectivity index (χ2v) is 6.16. The third-order valence-corrected chi connectivity index (χ3v) is 4.11. The van der Waals surface area contributed by atoms with E-state index in [0.29, 0.717) is 18.1 Å². The predicted octanol–water partition coefficient (Wildman–Crippen LogP) is 3.61. The van der Waals surface area contributed by atoms with Gasteiger partial charge in [0, 0.05) is 49.9 Å². The highest BCUT2D eigenvalue weighted by molar-refractivity contribution is 5.44. The van der Waals surface area contributed by atoms with Crippen molar-refractivity contribution in [1.29, 1.82) is 0 Å². The van der Waals surface area contributed by atoms with Crippen molar-refractivity contribution >= 4 is 11.8 Å². The highest BCUT2D eigenvalue weighted by Crippen LogP contribution is 2.15. The fourth-order valence-electron chi connectivity index (χ4n) is 2.60. The molecule has 0 saturated heterocycles. The van der Waals surface area contributed by atoms with Crippen LogP contribution in [0.2, 0.25) is 0 Å². The quantitative estimate of drug-likeness (QED) is 0.705. The summed E-state index contributed by atoms with van der Waals surface area (Å²) in [5, 5.41) is 3.11. The van der Waals surface area contributed by atoms with Crippen molar-refractivity contribution in [2.24, 2.45) is 0 Å². The zero-order valence-electron chi connectivity index (χ0n) is 15.0. The van der Waals surface area contributed by atoms with Gasteiger partial charge in [0.1, 0.15) is 11.6 Å². The van der Waals surface area contributed by atoms with Crippen LogP contribution in [0, 0.1) is 12.7 Å². The second kappa shape index (κ2) is 8.38. The van der Waals surface area contributed by atoms with Crippen LogP contribution in [0.3, 0.4) is 0 Å². The fourth-order valence-corrected chi connectivity index (χ4v) is 2.60. The molecule has 2 heterocycles. The number of aryl methyl sites for hydroxylation is 1. The topological polar surface area (TPSA) is 53.9 Å². The maximum Gasteiger partial charge on any atom is 0.225 e. The van der Waals surface area contributed by atoms with E-state index in [9.17, 15) is 4.39 Å². The summed E-state index contributed by atoms with van der Waals surface area (Å²) in [6.45, 7) is 3.10. The van der Waals surface area contributed by atoms with Gasteiger partial charge in [0.15, 0.2) is 0 Å². The number of likely N-dealkylation sites (N-methyl/N-ethyl adjacent to an activating group) is 1. The van der Waals surface area contributed by atoms with Gasteiger partial charge in [-0.1, -0.05) is 18.2 Å². The molecule has 3 aromatic rings. The Balaban J connectivity index is 1.65. The lowest BCUT2D eigenvalue weighted by atomic mass is 10.2. The minimum Gasteiger partial charge on any atom is -0.359 e. The zero-order chi connectivity index (χ0) is 18.4. The van der Waals surface area contributed by atoms with E-state index in [4.69, 9.17) is 0 Å². The van der Waals surface area contributed by atoms with Crippen LogP contribution in [0.4, 0.5) is 16.2 Å². The van der Waals surface area contributed by atoms with E-state index in [-0.39, 0.29) is 5.82 Å². The summed E-state index contributed by atoms with van der Waals surface area (Å²) >= 11 is 0. The molecule has 0 aliphatic heterocycles. The third kappa shape index (κ3) is 4.75. The molecule has 0 atom stereocenters. The number of rotatable bonds is 7. The number of pyridine rings is 1. The largest absolute Gasteiger partial charge is 0.359 e. The number of hydrogen-bond acceptors (Lipinski definition) is 5. The first-order valence-electron chi connectivity index (χ1n) is 8.55.